The Labute approximate surface area is 132 Å². The van der Waals surface area contributed by atoms with Crippen LogP contribution in [0.5, 0.6) is 0 Å². The van der Waals surface area contributed by atoms with Gasteiger partial charge < -0.3 is 11.1 Å². The van der Waals surface area contributed by atoms with Crippen LogP contribution in [0.2, 0.25) is 0 Å². The zero-order valence-electron chi connectivity index (χ0n) is 12.5. The lowest BCUT2D eigenvalue weighted by molar-refractivity contribution is 0.0756. The van der Waals surface area contributed by atoms with E-state index >= 15 is 0 Å². The van der Waals surface area contributed by atoms with Crippen LogP contribution in [0.15, 0.2) is 12.4 Å². The van der Waals surface area contributed by atoms with E-state index in [-0.39, 0.29) is 18.3 Å². The van der Waals surface area contributed by atoms with Crippen LogP contribution in [0.1, 0.15) is 49.4 Å². The maximum absolute atomic E-state index is 12.4. The Balaban J connectivity index is 0.00000161. The number of aryl methyl sites for hydroxylation is 1. The average molecular weight is 313 g/mol. The van der Waals surface area contributed by atoms with Gasteiger partial charge in [0.15, 0.2) is 0 Å². The smallest absolute Gasteiger partial charge is 0.254 e. The second kappa shape index (κ2) is 6.79. The van der Waals surface area contributed by atoms with Gasteiger partial charge in [0.25, 0.3) is 5.91 Å². The third kappa shape index (κ3) is 3.40. The van der Waals surface area contributed by atoms with E-state index in [1.807, 2.05) is 13.1 Å². The van der Waals surface area contributed by atoms with Crippen LogP contribution in [-0.4, -0.2) is 27.8 Å². The van der Waals surface area contributed by atoms with E-state index in [9.17, 15) is 4.79 Å². The molecule has 2 fully saturated rings. The Hall–Kier alpha value is -1.07. The number of rotatable bonds is 3. The minimum atomic E-state index is 0. The molecule has 21 heavy (non-hydrogen) atoms. The molecule has 1 aromatic heterocycles. The summed E-state index contributed by atoms with van der Waals surface area (Å²) >= 11 is 0. The summed E-state index contributed by atoms with van der Waals surface area (Å²) in [5, 5.41) is 7.42. The number of nitrogens with one attached hydrogen (secondary N) is 1. The molecule has 2 saturated carbocycles. The second-order valence-corrected chi connectivity index (χ2v) is 6.27. The molecule has 5 nitrogen and oxygen atoms in total. The fourth-order valence-corrected chi connectivity index (χ4v) is 3.91. The minimum Gasteiger partial charge on any atom is -0.349 e. The molecule has 2 atom stereocenters. The molecule has 2 unspecified atom stereocenters. The van der Waals surface area contributed by atoms with Crippen molar-refractivity contribution in [2.75, 3.05) is 0 Å². The van der Waals surface area contributed by atoms with Gasteiger partial charge in [-0.05, 0) is 44.4 Å². The van der Waals surface area contributed by atoms with Gasteiger partial charge in [0.1, 0.15) is 0 Å². The molecule has 1 amide bonds. The van der Waals surface area contributed by atoms with Crippen LogP contribution in [0.3, 0.4) is 0 Å². The first kappa shape index (κ1) is 16.3. The number of carbonyl (C=O) groups is 1. The summed E-state index contributed by atoms with van der Waals surface area (Å²) in [5.74, 6) is 1.13. The standard InChI is InChI=1S/C15H24N4O.ClH/c1-2-19-9-12(8-17-19)15(20)18-14-10-4-3-5-11(14)7-13(16)6-10;/h8-11,13-14H,2-7,16H2,1H3,(H,18,20);1H. The Kier molecular flexibility index (Phi) is 5.27. The second-order valence-electron chi connectivity index (χ2n) is 6.27. The van der Waals surface area contributed by atoms with E-state index in [2.05, 4.69) is 10.4 Å². The predicted octanol–water partition coefficient (Wildman–Crippen LogP) is 1.96. The van der Waals surface area contributed by atoms with Crippen molar-refractivity contribution in [2.45, 2.75) is 57.7 Å². The molecule has 3 rings (SSSR count). The molecule has 2 aliphatic carbocycles. The summed E-state index contributed by atoms with van der Waals surface area (Å²) in [7, 11) is 0. The lowest BCUT2D eigenvalue weighted by Crippen LogP contribution is -2.53. The zero-order valence-corrected chi connectivity index (χ0v) is 13.3. The van der Waals surface area contributed by atoms with Gasteiger partial charge in [-0.1, -0.05) is 6.42 Å². The Morgan fingerprint density at radius 1 is 1.43 bits per heavy atom. The van der Waals surface area contributed by atoms with E-state index in [0.29, 0.717) is 29.5 Å². The van der Waals surface area contributed by atoms with Crippen LogP contribution < -0.4 is 11.1 Å². The number of hydrogen-bond donors (Lipinski definition) is 2. The molecule has 0 radical (unpaired) electrons. The van der Waals surface area contributed by atoms with Gasteiger partial charge in [-0.2, -0.15) is 5.10 Å². The molecule has 2 bridgehead atoms. The predicted molar refractivity (Wildman–Crippen MR) is 84.4 cm³/mol. The first-order chi connectivity index (χ1) is 9.67. The highest BCUT2D eigenvalue weighted by molar-refractivity contribution is 5.93. The van der Waals surface area contributed by atoms with Gasteiger partial charge >= 0.3 is 0 Å². The van der Waals surface area contributed by atoms with E-state index in [1.165, 1.54) is 19.3 Å². The molecule has 3 N–H and O–H groups in total. The monoisotopic (exact) mass is 312 g/mol. The fourth-order valence-electron chi connectivity index (χ4n) is 3.91. The fraction of sp³-hybridized carbons (Fsp3) is 0.733. The first-order valence-corrected chi connectivity index (χ1v) is 7.76. The molecule has 1 heterocycles. The zero-order chi connectivity index (χ0) is 14.1. The van der Waals surface area contributed by atoms with Crippen molar-refractivity contribution in [2.24, 2.45) is 17.6 Å². The topological polar surface area (TPSA) is 72.9 Å². The Morgan fingerprint density at radius 2 is 2.10 bits per heavy atom. The van der Waals surface area contributed by atoms with Crippen LogP contribution in [-0.2, 0) is 6.54 Å². The van der Waals surface area contributed by atoms with Gasteiger partial charge in [0, 0.05) is 24.8 Å². The van der Waals surface area contributed by atoms with Crippen molar-refractivity contribution in [1.82, 2.24) is 15.1 Å². The third-order valence-corrected chi connectivity index (χ3v) is 4.89. The molecule has 0 aromatic carbocycles. The van der Waals surface area contributed by atoms with Crippen molar-refractivity contribution >= 4 is 18.3 Å². The number of nitrogens with two attached hydrogens (primary N) is 1. The Morgan fingerprint density at radius 3 is 2.67 bits per heavy atom. The SMILES string of the molecule is CCn1cc(C(=O)NC2C3CCCC2CC(N)C3)cn1.Cl. The third-order valence-electron chi connectivity index (χ3n) is 4.89. The van der Waals surface area contributed by atoms with Crippen molar-refractivity contribution in [3.8, 4) is 0 Å². The van der Waals surface area contributed by atoms with Crippen LogP contribution in [0.25, 0.3) is 0 Å². The molecule has 0 saturated heterocycles. The maximum atomic E-state index is 12.4. The first-order valence-electron chi connectivity index (χ1n) is 7.76. The summed E-state index contributed by atoms with van der Waals surface area (Å²) in [6.45, 7) is 2.80. The quantitative estimate of drug-likeness (QED) is 0.896. The Bertz CT molecular complexity index is 476. The summed E-state index contributed by atoms with van der Waals surface area (Å²) in [5.41, 5.74) is 6.79. The van der Waals surface area contributed by atoms with Crippen LogP contribution >= 0.6 is 12.4 Å². The van der Waals surface area contributed by atoms with E-state index in [0.717, 1.165) is 19.4 Å². The van der Waals surface area contributed by atoms with Crippen LogP contribution in [0.4, 0.5) is 0 Å². The number of nitrogens with zero attached hydrogens (tertiary/aromatic N) is 2. The number of fused-ring (bicyclic) bond motifs is 2. The molecular weight excluding hydrogens is 288 g/mol. The molecule has 6 heteroatoms. The number of aromatic nitrogens is 2. The minimum absolute atomic E-state index is 0. The normalized spacial score (nSPS) is 31.3. The number of hydrogen-bond acceptors (Lipinski definition) is 3. The molecular formula is C15H25ClN4O. The molecule has 1 aromatic rings. The molecule has 2 aliphatic rings. The van der Waals surface area contributed by atoms with E-state index < -0.39 is 0 Å². The number of carbonyl (C=O) groups excluding carboxylic acids is 1. The summed E-state index contributed by atoms with van der Waals surface area (Å²) < 4.78 is 1.78. The average Bonchev–Trinajstić information content (AvgIpc) is 2.88. The lowest BCUT2D eigenvalue weighted by Gasteiger charge is -2.45. The van der Waals surface area contributed by atoms with Crippen molar-refractivity contribution < 1.29 is 4.79 Å². The van der Waals surface area contributed by atoms with Gasteiger partial charge in [0.05, 0.1) is 11.8 Å². The largest absolute Gasteiger partial charge is 0.349 e. The summed E-state index contributed by atoms with van der Waals surface area (Å²) in [4.78, 5) is 12.4. The number of amides is 1. The van der Waals surface area contributed by atoms with Gasteiger partial charge in [0.2, 0.25) is 0 Å². The molecule has 0 spiro atoms. The summed E-state index contributed by atoms with van der Waals surface area (Å²) in [6.07, 6.45) is 9.25. The van der Waals surface area contributed by atoms with Crippen LogP contribution in [0, 0.1) is 11.8 Å². The van der Waals surface area contributed by atoms with E-state index in [1.54, 1.807) is 10.9 Å². The maximum Gasteiger partial charge on any atom is 0.254 e. The summed E-state index contributed by atoms with van der Waals surface area (Å²) in [6, 6.07) is 0.627. The molecule has 118 valence electrons. The van der Waals surface area contributed by atoms with Gasteiger partial charge in [-0.15, -0.1) is 12.4 Å². The van der Waals surface area contributed by atoms with Crippen molar-refractivity contribution in [1.29, 1.82) is 0 Å². The lowest BCUT2D eigenvalue weighted by atomic mass is 9.67. The van der Waals surface area contributed by atoms with Gasteiger partial charge in [-0.25, -0.2) is 0 Å². The van der Waals surface area contributed by atoms with Crippen molar-refractivity contribution in [3.63, 3.8) is 0 Å². The molecule has 0 aliphatic heterocycles. The highest BCUT2D eigenvalue weighted by Gasteiger charge is 2.40. The highest BCUT2D eigenvalue weighted by Crippen LogP contribution is 2.39. The van der Waals surface area contributed by atoms with Crippen molar-refractivity contribution in [3.05, 3.63) is 18.0 Å². The highest BCUT2D eigenvalue weighted by atomic mass is 35.5. The number of halogens is 1. The van der Waals surface area contributed by atoms with E-state index in [4.69, 9.17) is 5.73 Å². The van der Waals surface area contributed by atoms with Gasteiger partial charge in [-0.3, -0.25) is 9.48 Å².